The number of halogens is 4. The van der Waals surface area contributed by atoms with E-state index in [-0.39, 0.29) is 35.0 Å². The fourth-order valence-corrected chi connectivity index (χ4v) is 4.23. The molecule has 2 aromatic carbocycles. The van der Waals surface area contributed by atoms with Crippen molar-refractivity contribution in [1.82, 2.24) is 9.80 Å². The van der Waals surface area contributed by atoms with Crippen molar-refractivity contribution in [2.45, 2.75) is 38.1 Å². The van der Waals surface area contributed by atoms with Crippen LogP contribution in [0.2, 0.25) is 5.02 Å². The van der Waals surface area contributed by atoms with Crippen molar-refractivity contribution in [2.24, 2.45) is 0 Å². The topological polar surface area (TPSA) is 99.2 Å². The number of alkyl halides is 3. The number of nitrogens with one attached hydrogen (secondary N) is 1. The SMILES string of the molecule is CN(CCC(=O)N1CCCC[C@@H]1C(=O)Nc1ccc(-c2ccccc2OC(F)(F)F)c(Cl)c1)C(=O)O. The van der Waals surface area contributed by atoms with Gasteiger partial charge in [0.15, 0.2) is 0 Å². The first-order valence-corrected chi connectivity index (χ1v) is 11.5. The van der Waals surface area contributed by atoms with Gasteiger partial charge in [0, 0.05) is 43.4 Å². The lowest BCUT2D eigenvalue weighted by atomic mass is 10.0. The molecule has 3 amide bonds. The average Bonchev–Trinajstić information content (AvgIpc) is 2.82. The lowest BCUT2D eigenvalue weighted by Gasteiger charge is -2.35. The second kappa shape index (κ2) is 11.5. The zero-order valence-corrected chi connectivity index (χ0v) is 20.1. The molecule has 0 radical (unpaired) electrons. The van der Waals surface area contributed by atoms with Crippen LogP contribution < -0.4 is 10.1 Å². The highest BCUT2D eigenvalue weighted by atomic mass is 35.5. The molecule has 0 saturated carbocycles. The third-order valence-electron chi connectivity index (χ3n) is 5.75. The van der Waals surface area contributed by atoms with Crippen LogP contribution in [0.3, 0.4) is 0 Å². The molecule has 0 aromatic heterocycles. The molecule has 12 heteroatoms. The van der Waals surface area contributed by atoms with Crippen molar-refractivity contribution in [1.29, 1.82) is 0 Å². The van der Waals surface area contributed by atoms with Crippen molar-refractivity contribution in [2.75, 3.05) is 25.5 Å². The van der Waals surface area contributed by atoms with Gasteiger partial charge in [-0.3, -0.25) is 9.59 Å². The Bertz CT molecular complexity index is 1130. The van der Waals surface area contributed by atoms with Crippen LogP contribution in [0.25, 0.3) is 11.1 Å². The fraction of sp³-hybridized carbons (Fsp3) is 0.375. The Morgan fingerprint density at radius 1 is 1.17 bits per heavy atom. The molecule has 1 aliphatic rings. The number of rotatable bonds is 7. The number of carbonyl (C=O) groups is 3. The Kier molecular flexibility index (Phi) is 8.67. The number of piperidine rings is 1. The summed E-state index contributed by atoms with van der Waals surface area (Å²) in [4.78, 5) is 39.1. The minimum Gasteiger partial charge on any atom is -0.465 e. The molecule has 3 rings (SSSR count). The van der Waals surface area contributed by atoms with Gasteiger partial charge in [0.2, 0.25) is 11.8 Å². The number of nitrogens with zero attached hydrogens (tertiary/aromatic N) is 2. The van der Waals surface area contributed by atoms with E-state index in [1.165, 1.54) is 48.3 Å². The molecule has 2 aromatic rings. The van der Waals surface area contributed by atoms with Gasteiger partial charge >= 0.3 is 12.5 Å². The number of anilines is 1. The van der Waals surface area contributed by atoms with E-state index in [0.29, 0.717) is 18.7 Å². The van der Waals surface area contributed by atoms with E-state index in [4.69, 9.17) is 16.7 Å². The van der Waals surface area contributed by atoms with Crippen molar-refractivity contribution in [3.05, 3.63) is 47.5 Å². The second-order valence-corrected chi connectivity index (χ2v) is 8.69. The molecule has 36 heavy (non-hydrogen) atoms. The summed E-state index contributed by atoms with van der Waals surface area (Å²) in [6.45, 7) is 0.388. The Balaban J connectivity index is 1.73. The van der Waals surface area contributed by atoms with E-state index in [1.807, 2.05) is 0 Å². The van der Waals surface area contributed by atoms with E-state index >= 15 is 0 Å². The lowest BCUT2D eigenvalue weighted by molar-refractivity contribution is -0.274. The van der Waals surface area contributed by atoms with Gasteiger partial charge in [0.05, 0.1) is 5.02 Å². The second-order valence-electron chi connectivity index (χ2n) is 8.28. The summed E-state index contributed by atoms with van der Waals surface area (Å²) in [5, 5.41) is 11.8. The molecule has 1 atom stereocenters. The fourth-order valence-electron chi connectivity index (χ4n) is 3.94. The van der Waals surface area contributed by atoms with E-state index in [9.17, 15) is 27.6 Å². The Morgan fingerprint density at radius 3 is 2.56 bits per heavy atom. The van der Waals surface area contributed by atoms with Crippen LogP contribution in [0.4, 0.5) is 23.7 Å². The maximum absolute atomic E-state index is 13.0. The van der Waals surface area contributed by atoms with Crippen molar-refractivity contribution >= 4 is 35.2 Å². The van der Waals surface area contributed by atoms with Gasteiger partial charge in [-0.2, -0.15) is 0 Å². The number of likely N-dealkylation sites (tertiary alicyclic amines) is 1. The molecule has 1 heterocycles. The number of para-hydroxylation sites is 1. The number of benzene rings is 2. The predicted molar refractivity (Wildman–Crippen MR) is 127 cm³/mol. The molecular formula is C24H25ClF3N3O5. The first kappa shape index (κ1) is 27.1. The highest BCUT2D eigenvalue weighted by Gasteiger charge is 2.33. The van der Waals surface area contributed by atoms with Crippen LogP contribution in [-0.2, 0) is 9.59 Å². The largest absolute Gasteiger partial charge is 0.573 e. The molecule has 0 aliphatic carbocycles. The molecule has 0 bridgehead atoms. The highest BCUT2D eigenvalue weighted by molar-refractivity contribution is 6.33. The monoisotopic (exact) mass is 527 g/mol. The zero-order valence-electron chi connectivity index (χ0n) is 19.3. The quantitative estimate of drug-likeness (QED) is 0.514. The van der Waals surface area contributed by atoms with Crippen LogP contribution in [0.15, 0.2) is 42.5 Å². The van der Waals surface area contributed by atoms with Crippen LogP contribution in [0.5, 0.6) is 5.75 Å². The summed E-state index contributed by atoms with van der Waals surface area (Å²) in [5.74, 6) is -1.16. The number of hydrogen-bond donors (Lipinski definition) is 2. The maximum Gasteiger partial charge on any atom is 0.573 e. The summed E-state index contributed by atoms with van der Waals surface area (Å²) >= 11 is 6.35. The van der Waals surface area contributed by atoms with E-state index in [1.54, 1.807) is 6.07 Å². The summed E-state index contributed by atoms with van der Waals surface area (Å²) in [6, 6.07) is 9.22. The van der Waals surface area contributed by atoms with Crippen LogP contribution >= 0.6 is 11.6 Å². The molecule has 194 valence electrons. The first-order valence-electron chi connectivity index (χ1n) is 11.2. The van der Waals surface area contributed by atoms with Gasteiger partial charge in [0.1, 0.15) is 11.8 Å². The standard InChI is InChI=1S/C24H25ClF3N3O5/c1-30(23(34)35)13-11-21(32)31-12-5-4-7-19(31)22(33)29-15-9-10-16(18(25)14-15)17-6-2-3-8-20(17)36-24(26,27)28/h2-3,6,8-10,14,19H,4-5,7,11-13H2,1H3,(H,29,33)(H,34,35)/t19-/m1/s1. The Hall–Kier alpha value is -3.47. The minimum absolute atomic E-state index is 0.00953. The van der Waals surface area contributed by atoms with Crippen LogP contribution in [-0.4, -0.2) is 65.4 Å². The molecule has 1 aliphatic heterocycles. The number of amides is 3. The Labute approximate surface area is 210 Å². The molecule has 1 saturated heterocycles. The lowest BCUT2D eigenvalue weighted by Crippen LogP contribution is -2.50. The van der Waals surface area contributed by atoms with Gasteiger partial charge in [-0.1, -0.05) is 35.9 Å². The van der Waals surface area contributed by atoms with Crippen LogP contribution in [0, 0.1) is 0 Å². The van der Waals surface area contributed by atoms with Gasteiger partial charge in [-0.15, -0.1) is 13.2 Å². The highest BCUT2D eigenvalue weighted by Crippen LogP contribution is 2.38. The van der Waals surface area contributed by atoms with Gasteiger partial charge < -0.3 is 25.0 Å². The number of carboxylic acid groups (broad SMARTS) is 1. The summed E-state index contributed by atoms with van der Waals surface area (Å²) in [6.07, 6.45) is -4.16. The summed E-state index contributed by atoms with van der Waals surface area (Å²) in [7, 11) is 1.36. The van der Waals surface area contributed by atoms with Gasteiger partial charge in [-0.05, 0) is 37.5 Å². The van der Waals surface area contributed by atoms with E-state index in [0.717, 1.165) is 17.7 Å². The molecule has 0 unspecified atom stereocenters. The number of carbonyl (C=O) groups excluding carboxylic acids is 2. The van der Waals surface area contributed by atoms with E-state index in [2.05, 4.69) is 10.1 Å². The predicted octanol–water partition coefficient (Wildman–Crippen LogP) is 5.23. The molecule has 2 N–H and O–H groups in total. The van der Waals surface area contributed by atoms with Gasteiger partial charge in [0.25, 0.3) is 0 Å². The average molecular weight is 528 g/mol. The van der Waals surface area contributed by atoms with Gasteiger partial charge in [-0.25, -0.2) is 4.79 Å². The molecular weight excluding hydrogens is 503 g/mol. The van der Waals surface area contributed by atoms with Crippen molar-refractivity contribution < 1.29 is 37.4 Å². The third-order valence-corrected chi connectivity index (χ3v) is 6.07. The molecule has 0 spiro atoms. The number of ether oxygens (including phenoxy) is 1. The maximum atomic E-state index is 13.0. The van der Waals surface area contributed by atoms with Crippen molar-refractivity contribution in [3.8, 4) is 16.9 Å². The smallest absolute Gasteiger partial charge is 0.465 e. The minimum atomic E-state index is -4.87. The third kappa shape index (κ3) is 7.03. The van der Waals surface area contributed by atoms with Crippen molar-refractivity contribution in [3.63, 3.8) is 0 Å². The summed E-state index contributed by atoms with van der Waals surface area (Å²) in [5.41, 5.74) is 0.728. The normalized spacial score (nSPS) is 15.8. The Morgan fingerprint density at radius 2 is 1.89 bits per heavy atom. The zero-order chi connectivity index (χ0) is 26.5. The van der Waals surface area contributed by atoms with E-state index < -0.39 is 30.2 Å². The molecule has 1 fully saturated rings. The number of hydrogen-bond acceptors (Lipinski definition) is 4. The summed E-state index contributed by atoms with van der Waals surface area (Å²) < 4.78 is 42.4. The first-order chi connectivity index (χ1) is 17.0. The van der Waals surface area contributed by atoms with Crippen LogP contribution in [0.1, 0.15) is 25.7 Å². The molecule has 8 nitrogen and oxygen atoms in total.